The maximum absolute atomic E-state index is 15.2. The number of halogens is 2. The monoisotopic (exact) mass is 510 g/mol. The SMILES string of the molecule is CC(C)C[C@@H]1C(=O)N[C@H](C2Cc3ccccc3C2)C(=O)N1[C@@H](C(=O)CC(C)(C)C)c1cccc(F)c1F. The van der Waals surface area contributed by atoms with Gasteiger partial charge in [0.1, 0.15) is 18.1 Å². The third kappa shape index (κ3) is 5.60. The van der Waals surface area contributed by atoms with Crippen molar-refractivity contribution in [3.05, 3.63) is 70.8 Å². The summed E-state index contributed by atoms with van der Waals surface area (Å²) in [7, 11) is 0. The molecule has 4 rings (SSSR count). The van der Waals surface area contributed by atoms with Crippen molar-refractivity contribution in [2.45, 2.75) is 78.4 Å². The number of benzene rings is 2. The van der Waals surface area contributed by atoms with Crippen LogP contribution in [0.1, 0.15) is 70.2 Å². The predicted octanol–water partition coefficient (Wildman–Crippen LogP) is 5.17. The third-order valence-corrected chi connectivity index (χ3v) is 7.27. The van der Waals surface area contributed by atoms with Crippen LogP contribution >= 0.6 is 0 Å². The van der Waals surface area contributed by atoms with E-state index >= 15 is 4.39 Å². The average Bonchev–Trinajstić information content (AvgIpc) is 3.23. The van der Waals surface area contributed by atoms with Crippen LogP contribution in [0.3, 0.4) is 0 Å². The summed E-state index contributed by atoms with van der Waals surface area (Å²) in [5, 5.41) is 2.94. The zero-order valence-electron chi connectivity index (χ0n) is 22.2. The van der Waals surface area contributed by atoms with E-state index in [9.17, 15) is 18.8 Å². The van der Waals surface area contributed by atoms with E-state index in [1.165, 1.54) is 17.0 Å². The van der Waals surface area contributed by atoms with Crippen LogP contribution in [0.15, 0.2) is 42.5 Å². The molecule has 0 bridgehead atoms. The molecule has 1 heterocycles. The molecular formula is C30H36F2N2O3. The number of rotatable bonds is 7. The van der Waals surface area contributed by atoms with Crippen LogP contribution in [0, 0.1) is 28.9 Å². The number of ketones is 1. The number of carbonyl (C=O) groups is 3. The molecule has 1 aliphatic carbocycles. The summed E-state index contributed by atoms with van der Waals surface area (Å²) in [6, 6.07) is 8.36. The Morgan fingerprint density at radius 2 is 1.65 bits per heavy atom. The molecule has 0 saturated carbocycles. The number of piperazine rings is 1. The maximum Gasteiger partial charge on any atom is 0.247 e. The smallest absolute Gasteiger partial charge is 0.247 e. The Hall–Kier alpha value is -3.09. The molecule has 37 heavy (non-hydrogen) atoms. The summed E-state index contributed by atoms with van der Waals surface area (Å²) in [5.74, 6) is -3.62. The fourth-order valence-electron chi connectivity index (χ4n) is 5.70. The molecule has 2 aromatic rings. The topological polar surface area (TPSA) is 66.5 Å². The Bertz CT molecular complexity index is 1180. The van der Waals surface area contributed by atoms with Gasteiger partial charge in [0.25, 0.3) is 0 Å². The fraction of sp³-hybridized carbons (Fsp3) is 0.500. The molecule has 2 amide bonds. The molecule has 5 nitrogen and oxygen atoms in total. The first-order chi connectivity index (χ1) is 17.4. The van der Waals surface area contributed by atoms with E-state index < -0.39 is 46.9 Å². The van der Waals surface area contributed by atoms with Crippen molar-refractivity contribution >= 4 is 17.6 Å². The second kappa shape index (κ2) is 10.3. The summed E-state index contributed by atoms with van der Waals surface area (Å²) < 4.78 is 29.6. The summed E-state index contributed by atoms with van der Waals surface area (Å²) in [5.41, 5.74) is 1.59. The number of carbonyl (C=O) groups excluding carboxylic acids is 3. The van der Waals surface area contributed by atoms with Crippen LogP contribution in [0.25, 0.3) is 0 Å². The van der Waals surface area contributed by atoms with E-state index in [0.717, 1.165) is 17.2 Å². The molecule has 0 radical (unpaired) electrons. The van der Waals surface area contributed by atoms with Crippen molar-refractivity contribution in [2.24, 2.45) is 17.3 Å². The quantitative estimate of drug-likeness (QED) is 0.559. The number of amides is 2. The molecule has 1 fully saturated rings. The lowest BCUT2D eigenvalue weighted by molar-refractivity contribution is -0.157. The predicted molar refractivity (Wildman–Crippen MR) is 138 cm³/mol. The van der Waals surface area contributed by atoms with Crippen molar-refractivity contribution in [1.82, 2.24) is 10.2 Å². The lowest BCUT2D eigenvalue weighted by atomic mass is 9.83. The molecule has 1 saturated heterocycles. The Morgan fingerprint density at radius 1 is 1.03 bits per heavy atom. The molecule has 3 atom stereocenters. The maximum atomic E-state index is 15.2. The van der Waals surface area contributed by atoms with Gasteiger partial charge >= 0.3 is 0 Å². The van der Waals surface area contributed by atoms with Gasteiger partial charge in [-0.3, -0.25) is 14.4 Å². The first kappa shape index (κ1) is 27.0. The van der Waals surface area contributed by atoms with Gasteiger partial charge in [0.05, 0.1) is 0 Å². The molecule has 0 aromatic heterocycles. The Balaban J connectivity index is 1.80. The minimum absolute atomic E-state index is 0.0223. The standard InChI is InChI=1S/C30H36F2N2O3/c1-17(2)13-23-28(36)33-26(20-14-18-9-6-7-10-19(18)15-20)29(37)34(23)27(24(35)16-30(3,4)5)21-11-8-12-22(31)25(21)32/h6-12,17,20,23,26-27H,13-16H2,1-5H3,(H,33,36)/t23-,26-,27-/m1/s1. The van der Waals surface area contributed by atoms with Crippen molar-refractivity contribution in [2.75, 3.05) is 0 Å². The van der Waals surface area contributed by atoms with Crippen LogP contribution < -0.4 is 5.32 Å². The lowest BCUT2D eigenvalue weighted by Gasteiger charge is -2.45. The molecule has 7 heteroatoms. The zero-order valence-corrected chi connectivity index (χ0v) is 22.2. The van der Waals surface area contributed by atoms with Crippen molar-refractivity contribution in [3.8, 4) is 0 Å². The van der Waals surface area contributed by atoms with Gasteiger partial charge in [0.15, 0.2) is 17.4 Å². The summed E-state index contributed by atoms with van der Waals surface area (Å²) in [4.78, 5) is 42.8. The van der Waals surface area contributed by atoms with E-state index in [2.05, 4.69) is 5.32 Å². The Morgan fingerprint density at radius 3 is 2.22 bits per heavy atom. The van der Waals surface area contributed by atoms with Gasteiger partial charge in [-0.25, -0.2) is 8.78 Å². The van der Waals surface area contributed by atoms with Crippen molar-refractivity contribution < 1.29 is 23.2 Å². The van der Waals surface area contributed by atoms with Crippen LogP contribution in [-0.4, -0.2) is 34.6 Å². The van der Waals surface area contributed by atoms with E-state index in [1.54, 1.807) is 0 Å². The highest BCUT2D eigenvalue weighted by Crippen LogP contribution is 2.38. The van der Waals surface area contributed by atoms with Crippen LogP contribution in [0.2, 0.25) is 0 Å². The first-order valence-corrected chi connectivity index (χ1v) is 13.0. The van der Waals surface area contributed by atoms with E-state index in [0.29, 0.717) is 19.3 Å². The van der Waals surface area contributed by atoms with Gasteiger partial charge in [-0.15, -0.1) is 0 Å². The van der Waals surface area contributed by atoms with Gasteiger partial charge in [-0.1, -0.05) is 71.0 Å². The number of hydrogen-bond acceptors (Lipinski definition) is 3. The van der Waals surface area contributed by atoms with Crippen LogP contribution in [-0.2, 0) is 27.2 Å². The molecular weight excluding hydrogens is 474 g/mol. The second-order valence-corrected chi connectivity index (χ2v) is 12.1. The normalized spacial score (nSPS) is 21.2. The van der Waals surface area contributed by atoms with Gasteiger partial charge in [0, 0.05) is 12.0 Å². The van der Waals surface area contributed by atoms with Crippen molar-refractivity contribution in [1.29, 1.82) is 0 Å². The highest BCUT2D eigenvalue weighted by molar-refractivity contribution is 6.00. The summed E-state index contributed by atoms with van der Waals surface area (Å²) in [6.45, 7) is 9.46. The largest absolute Gasteiger partial charge is 0.342 e. The molecule has 0 spiro atoms. The highest BCUT2D eigenvalue weighted by Gasteiger charge is 2.50. The average molecular weight is 511 g/mol. The molecule has 1 aliphatic heterocycles. The zero-order chi connectivity index (χ0) is 27.1. The second-order valence-electron chi connectivity index (χ2n) is 12.1. The summed E-state index contributed by atoms with van der Waals surface area (Å²) in [6.07, 6.45) is 1.56. The Kier molecular flexibility index (Phi) is 7.54. The number of fused-ring (bicyclic) bond motifs is 1. The van der Waals surface area contributed by atoms with E-state index in [4.69, 9.17) is 0 Å². The molecule has 198 valence electrons. The molecule has 0 unspecified atom stereocenters. The van der Waals surface area contributed by atoms with Crippen molar-refractivity contribution in [3.63, 3.8) is 0 Å². The molecule has 1 N–H and O–H groups in total. The third-order valence-electron chi connectivity index (χ3n) is 7.27. The number of nitrogens with zero attached hydrogens (tertiary/aromatic N) is 1. The van der Waals surface area contributed by atoms with E-state index in [1.807, 2.05) is 58.9 Å². The minimum Gasteiger partial charge on any atom is -0.342 e. The minimum atomic E-state index is -1.40. The van der Waals surface area contributed by atoms with Gasteiger partial charge in [0.2, 0.25) is 11.8 Å². The fourth-order valence-corrected chi connectivity index (χ4v) is 5.70. The van der Waals surface area contributed by atoms with Gasteiger partial charge in [-0.05, 0) is 53.7 Å². The van der Waals surface area contributed by atoms with Gasteiger partial charge in [-0.2, -0.15) is 0 Å². The highest BCUT2D eigenvalue weighted by atomic mass is 19.2. The lowest BCUT2D eigenvalue weighted by Crippen LogP contribution is -2.67. The van der Waals surface area contributed by atoms with E-state index in [-0.39, 0.29) is 29.7 Å². The molecule has 2 aromatic carbocycles. The number of Topliss-reactive ketones (excluding diaryl/α,β-unsaturated/α-hetero) is 1. The van der Waals surface area contributed by atoms with Crippen LogP contribution in [0.5, 0.6) is 0 Å². The first-order valence-electron chi connectivity index (χ1n) is 13.0. The number of nitrogens with one attached hydrogen (secondary N) is 1. The number of hydrogen-bond donors (Lipinski definition) is 1. The Labute approximate surface area is 217 Å². The van der Waals surface area contributed by atoms with Gasteiger partial charge < -0.3 is 10.2 Å². The van der Waals surface area contributed by atoms with Crippen LogP contribution in [0.4, 0.5) is 8.78 Å². The summed E-state index contributed by atoms with van der Waals surface area (Å²) >= 11 is 0. The molecule has 2 aliphatic rings.